The van der Waals surface area contributed by atoms with Crippen LogP contribution in [0, 0.1) is 5.82 Å². The first kappa shape index (κ1) is 14.0. The summed E-state index contributed by atoms with van der Waals surface area (Å²) in [6, 6.07) is 6.30. The third-order valence-electron chi connectivity index (χ3n) is 3.77. The Morgan fingerprint density at radius 3 is 2.74 bits per heavy atom. The molecule has 1 fully saturated rings. The van der Waals surface area contributed by atoms with Crippen LogP contribution in [0.5, 0.6) is 0 Å². The lowest BCUT2D eigenvalue weighted by Gasteiger charge is -2.24. The summed E-state index contributed by atoms with van der Waals surface area (Å²) >= 11 is 0. The number of carbonyl (C=O) groups is 1. The van der Waals surface area contributed by atoms with Gasteiger partial charge in [-0.05, 0) is 43.9 Å². The van der Waals surface area contributed by atoms with Crippen LogP contribution in [0.3, 0.4) is 0 Å². The molecule has 1 aromatic carbocycles. The first-order valence-corrected chi connectivity index (χ1v) is 6.65. The summed E-state index contributed by atoms with van der Waals surface area (Å²) in [7, 11) is 1.74. The van der Waals surface area contributed by atoms with Gasteiger partial charge < -0.3 is 10.0 Å². The van der Waals surface area contributed by atoms with Crippen molar-refractivity contribution in [2.75, 3.05) is 13.6 Å². The van der Waals surface area contributed by atoms with Crippen LogP contribution in [0.25, 0.3) is 0 Å². The Hall–Kier alpha value is -1.42. The zero-order valence-corrected chi connectivity index (χ0v) is 11.4. The molecule has 1 amide bonds. The minimum absolute atomic E-state index is 0.0266. The second-order valence-corrected chi connectivity index (χ2v) is 5.46. The van der Waals surface area contributed by atoms with Crippen LogP contribution in [-0.4, -0.2) is 35.6 Å². The van der Waals surface area contributed by atoms with Crippen LogP contribution in [0.2, 0.25) is 0 Å². The van der Waals surface area contributed by atoms with Gasteiger partial charge in [-0.2, -0.15) is 0 Å². The van der Waals surface area contributed by atoms with E-state index in [1.807, 2.05) is 6.07 Å². The van der Waals surface area contributed by atoms with E-state index in [0.29, 0.717) is 13.0 Å². The minimum atomic E-state index is -0.532. The number of carbonyl (C=O) groups excluding carboxylic acids is 1. The van der Waals surface area contributed by atoms with E-state index in [4.69, 9.17) is 0 Å². The van der Waals surface area contributed by atoms with Crippen LogP contribution >= 0.6 is 0 Å². The third kappa shape index (κ3) is 2.95. The Morgan fingerprint density at radius 2 is 2.21 bits per heavy atom. The fraction of sp³-hybridized carbons (Fsp3) is 0.533. The van der Waals surface area contributed by atoms with Crippen molar-refractivity contribution in [2.24, 2.45) is 0 Å². The molecule has 0 saturated heterocycles. The molecular formula is C15H20FNO2. The number of hydrogen-bond donors (Lipinski definition) is 1. The number of likely N-dealkylation sites (N-methyl/N-ethyl adjacent to an activating group) is 1. The van der Waals surface area contributed by atoms with Crippen molar-refractivity contribution >= 4 is 5.91 Å². The SMILES string of the molecule is CC(O)CCN(C)C(=O)C1(c2cccc(F)c2)CC1. The number of rotatable bonds is 5. The lowest BCUT2D eigenvalue weighted by molar-refractivity contribution is -0.132. The van der Waals surface area contributed by atoms with E-state index < -0.39 is 11.5 Å². The maximum absolute atomic E-state index is 13.3. The molecule has 1 unspecified atom stereocenters. The van der Waals surface area contributed by atoms with Gasteiger partial charge in [0.15, 0.2) is 0 Å². The standard InChI is InChI=1S/C15H20FNO2/c1-11(18)6-9-17(2)14(19)15(7-8-15)12-4-3-5-13(16)10-12/h3-5,10-11,18H,6-9H2,1-2H3. The maximum atomic E-state index is 13.3. The van der Waals surface area contributed by atoms with Gasteiger partial charge in [0.2, 0.25) is 5.91 Å². The number of nitrogens with zero attached hydrogens (tertiary/aromatic N) is 1. The average molecular weight is 265 g/mol. The first-order chi connectivity index (χ1) is 8.95. The van der Waals surface area contributed by atoms with Crippen LogP contribution < -0.4 is 0 Å². The Balaban J connectivity index is 2.10. The lowest BCUT2D eigenvalue weighted by atomic mass is 9.94. The Bertz CT molecular complexity index is 469. The summed E-state index contributed by atoms with van der Waals surface area (Å²) < 4.78 is 13.3. The van der Waals surface area contributed by atoms with Crippen LogP contribution in [0.15, 0.2) is 24.3 Å². The van der Waals surface area contributed by atoms with E-state index in [9.17, 15) is 14.3 Å². The molecule has 104 valence electrons. The first-order valence-electron chi connectivity index (χ1n) is 6.65. The quantitative estimate of drug-likeness (QED) is 0.885. The number of halogens is 1. The van der Waals surface area contributed by atoms with Crippen molar-refractivity contribution in [2.45, 2.75) is 37.7 Å². The van der Waals surface area contributed by atoms with Gasteiger partial charge in [-0.1, -0.05) is 12.1 Å². The molecule has 0 aliphatic heterocycles. The minimum Gasteiger partial charge on any atom is -0.393 e. The smallest absolute Gasteiger partial charge is 0.232 e. The van der Waals surface area contributed by atoms with Gasteiger partial charge in [-0.25, -0.2) is 4.39 Å². The van der Waals surface area contributed by atoms with Gasteiger partial charge in [-0.3, -0.25) is 4.79 Å². The third-order valence-corrected chi connectivity index (χ3v) is 3.77. The van der Waals surface area contributed by atoms with Crippen LogP contribution in [-0.2, 0) is 10.2 Å². The van der Waals surface area contributed by atoms with Crippen LogP contribution in [0.1, 0.15) is 31.7 Å². The molecular weight excluding hydrogens is 245 g/mol. The van der Waals surface area contributed by atoms with E-state index in [0.717, 1.165) is 18.4 Å². The van der Waals surface area contributed by atoms with Crippen molar-refractivity contribution in [1.82, 2.24) is 4.90 Å². The topological polar surface area (TPSA) is 40.5 Å². The molecule has 3 nitrogen and oxygen atoms in total. The zero-order chi connectivity index (χ0) is 14.0. The number of aliphatic hydroxyl groups excluding tert-OH is 1. The molecule has 0 radical (unpaired) electrons. The molecule has 2 rings (SSSR count). The van der Waals surface area contributed by atoms with Crippen molar-refractivity contribution in [3.8, 4) is 0 Å². The molecule has 0 aromatic heterocycles. The summed E-state index contributed by atoms with van der Waals surface area (Å²) in [6.45, 7) is 2.23. The molecule has 1 aliphatic rings. The van der Waals surface area contributed by atoms with Gasteiger partial charge in [0, 0.05) is 13.6 Å². The molecule has 0 heterocycles. The predicted octanol–water partition coefficient (Wildman–Crippen LogP) is 2.09. The summed E-state index contributed by atoms with van der Waals surface area (Å²) in [5, 5.41) is 9.27. The number of benzene rings is 1. The van der Waals surface area contributed by atoms with Gasteiger partial charge in [0.1, 0.15) is 5.82 Å². The van der Waals surface area contributed by atoms with Crippen molar-refractivity contribution in [3.05, 3.63) is 35.6 Å². The Morgan fingerprint density at radius 1 is 1.53 bits per heavy atom. The monoisotopic (exact) mass is 265 g/mol. The van der Waals surface area contributed by atoms with Gasteiger partial charge >= 0.3 is 0 Å². The van der Waals surface area contributed by atoms with Crippen molar-refractivity contribution < 1.29 is 14.3 Å². The van der Waals surface area contributed by atoms with Crippen molar-refractivity contribution in [3.63, 3.8) is 0 Å². The molecule has 1 saturated carbocycles. The molecule has 0 spiro atoms. The Labute approximate surface area is 113 Å². The highest BCUT2D eigenvalue weighted by Crippen LogP contribution is 2.49. The second-order valence-electron chi connectivity index (χ2n) is 5.46. The number of aliphatic hydroxyl groups is 1. The predicted molar refractivity (Wildman–Crippen MR) is 71.2 cm³/mol. The normalized spacial score (nSPS) is 17.9. The number of amides is 1. The number of hydrogen-bond acceptors (Lipinski definition) is 2. The van der Waals surface area contributed by atoms with E-state index in [2.05, 4.69) is 0 Å². The van der Waals surface area contributed by atoms with E-state index in [1.54, 1.807) is 24.9 Å². The lowest BCUT2D eigenvalue weighted by Crippen LogP contribution is -2.38. The fourth-order valence-electron chi connectivity index (χ4n) is 2.38. The van der Waals surface area contributed by atoms with Gasteiger partial charge in [0.25, 0.3) is 0 Å². The van der Waals surface area contributed by atoms with E-state index >= 15 is 0 Å². The highest BCUT2D eigenvalue weighted by Gasteiger charge is 2.52. The maximum Gasteiger partial charge on any atom is 0.232 e. The second kappa shape index (κ2) is 5.29. The summed E-state index contributed by atoms with van der Waals surface area (Å²) in [5.41, 5.74) is 0.233. The zero-order valence-electron chi connectivity index (χ0n) is 11.4. The van der Waals surface area contributed by atoms with E-state index in [-0.39, 0.29) is 11.7 Å². The average Bonchev–Trinajstić information content (AvgIpc) is 3.16. The molecule has 0 bridgehead atoms. The fourth-order valence-corrected chi connectivity index (χ4v) is 2.38. The van der Waals surface area contributed by atoms with Gasteiger partial charge in [-0.15, -0.1) is 0 Å². The summed E-state index contributed by atoms with van der Waals surface area (Å²) in [4.78, 5) is 14.1. The molecule has 4 heteroatoms. The molecule has 1 aliphatic carbocycles. The molecule has 1 N–H and O–H groups in total. The molecule has 1 aromatic rings. The highest BCUT2D eigenvalue weighted by atomic mass is 19.1. The van der Waals surface area contributed by atoms with Crippen molar-refractivity contribution in [1.29, 1.82) is 0 Å². The van der Waals surface area contributed by atoms with Crippen LogP contribution in [0.4, 0.5) is 4.39 Å². The molecule has 19 heavy (non-hydrogen) atoms. The Kier molecular flexibility index (Phi) is 3.90. The highest BCUT2D eigenvalue weighted by molar-refractivity contribution is 5.91. The summed E-state index contributed by atoms with van der Waals surface area (Å²) in [5.74, 6) is -0.276. The molecule has 1 atom stereocenters. The summed E-state index contributed by atoms with van der Waals surface area (Å²) in [6.07, 6.45) is 1.68. The largest absolute Gasteiger partial charge is 0.393 e. The van der Waals surface area contributed by atoms with Gasteiger partial charge in [0.05, 0.1) is 11.5 Å². The van der Waals surface area contributed by atoms with E-state index in [1.165, 1.54) is 12.1 Å².